The summed E-state index contributed by atoms with van der Waals surface area (Å²) in [6.45, 7) is 9.25. The summed E-state index contributed by atoms with van der Waals surface area (Å²) in [5.41, 5.74) is 0. The Morgan fingerprint density at radius 1 is 1.30 bits per heavy atom. The first-order valence-electron chi connectivity index (χ1n) is 8.12. The lowest BCUT2D eigenvalue weighted by Gasteiger charge is -2.39. The normalized spacial score (nSPS) is 19.6. The average Bonchev–Trinajstić information content (AvgIpc) is 2.98. The first-order chi connectivity index (χ1) is 9.70. The summed E-state index contributed by atoms with van der Waals surface area (Å²) >= 11 is 0. The molecule has 2 heterocycles. The zero-order valence-corrected chi connectivity index (χ0v) is 13.3. The predicted octanol–water partition coefficient (Wildman–Crippen LogP) is 2.47. The maximum absolute atomic E-state index is 4.27. The fraction of sp³-hybridized carbons (Fsp3) is 0.812. The van der Waals surface area contributed by atoms with Crippen molar-refractivity contribution in [3.8, 4) is 0 Å². The zero-order chi connectivity index (χ0) is 14.4. The van der Waals surface area contributed by atoms with Gasteiger partial charge >= 0.3 is 0 Å². The standard InChI is InChI=1S/C16H30N4/c1-4-6-15(2)18(3)16-7-11-19(12-8-16)13-14-20-10-5-9-17-20/h5,9-10,15-16H,4,6-8,11-14H2,1-3H3. The molecule has 1 saturated heterocycles. The lowest BCUT2D eigenvalue weighted by molar-refractivity contribution is 0.0961. The molecule has 1 aromatic heterocycles. The van der Waals surface area contributed by atoms with Crippen LogP contribution in [-0.2, 0) is 6.54 Å². The fourth-order valence-electron chi connectivity index (χ4n) is 3.21. The van der Waals surface area contributed by atoms with Crippen LogP contribution in [0.4, 0.5) is 0 Å². The van der Waals surface area contributed by atoms with Crippen molar-refractivity contribution < 1.29 is 0 Å². The summed E-state index contributed by atoms with van der Waals surface area (Å²) in [7, 11) is 2.31. The van der Waals surface area contributed by atoms with E-state index < -0.39 is 0 Å². The van der Waals surface area contributed by atoms with Crippen molar-refractivity contribution in [2.45, 2.75) is 58.2 Å². The largest absolute Gasteiger partial charge is 0.301 e. The van der Waals surface area contributed by atoms with Gasteiger partial charge < -0.3 is 9.80 Å². The molecule has 1 aliphatic heterocycles. The van der Waals surface area contributed by atoms with E-state index in [1.807, 2.05) is 23.1 Å². The van der Waals surface area contributed by atoms with Gasteiger partial charge in [-0.25, -0.2) is 0 Å². The molecular formula is C16H30N4. The molecule has 0 radical (unpaired) electrons. The second-order valence-electron chi connectivity index (χ2n) is 6.15. The van der Waals surface area contributed by atoms with Gasteiger partial charge in [0.25, 0.3) is 0 Å². The van der Waals surface area contributed by atoms with Gasteiger partial charge in [0, 0.05) is 31.0 Å². The van der Waals surface area contributed by atoms with E-state index in [9.17, 15) is 0 Å². The zero-order valence-electron chi connectivity index (χ0n) is 13.3. The van der Waals surface area contributed by atoms with Crippen LogP contribution in [-0.4, -0.2) is 58.3 Å². The Morgan fingerprint density at radius 2 is 2.05 bits per heavy atom. The Kier molecular flexibility index (Phi) is 6.05. The summed E-state index contributed by atoms with van der Waals surface area (Å²) in [4.78, 5) is 5.19. The lowest BCUT2D eigenvalue weighted by Crippen LogP contribution is -2.46. The Bertz CT molecular complexity index is 355. The Morgan fingerprint density at radius 3 is 2.65 bits per heavy atom. The highest BCUT2D eigenvalue weighted by Gasteiger charge is 2.24. The minimum atomic E-state index is 0.723. The Balaban J connectivity index is 1.69. The summed E-state index contributed by atoms with van der Waals surface area (Å²) in [6, 6.07) is 3.49. The van der Waals surface area contributed by atoms with E-state index in [1.165, 1.54) is 38.8 Å². The first kappa shape index (κ1) is 15.5. The maximum atomic E-state index is 4.27. The number of piperidine rings is 1. The quantitative estimate of drug-likeness (QED) is 0.766. The van der Waals surface area contributed by atoms with Crippen LogP contribution in [0.5, 0.6) is 0 Å². The predicted molar refractivity (Wildman–Crippen MR) is 83.8 cm³/mol. The summed E-state index contributed by atoms with van der Waals surface area (Å²) < 4.78 is 2.03. The van der Waals surface area contributed by atoms with Gasteiger partial charge in [0.15, 0.2) is 0 Å². The molecule has 4 heteroatoms. The molecule has 2 rings (SSSR count). The monoisotopic (exact) mass is 278 g/mol. The van der Waals surface area contributed by atoms with E-state index in [0.29, 0.717) is 0 Å². The van der Waals surface area contributed by atoms with E-state index in [0.717, 1.165) is 25.2 Å². The van der Waals surface area contributed by atoms with E-state index in [1.54, 1.807) is 0 Å². The molecule has 1 fully saturated rings. The van der Waals surface area contributed by atoms with Crippen LogP contribution in [0.15, 0.2) is 18.5 Å². The number of nitrogens with zero attached hydrogens (tertiary/aromatic N) is 4. The fourth-order valence-corrected chi connectivity index (χ4v) is 3.21. The van der Waals surface area contributed by atoms with Gasteiger partial charge in [0.05, 0.1) is 6.54 Å². The van der Waals surface area contributed by atoms with E-state index in [-0.39, 0.29) is 0 Å². The Labute approximate surface area is 123 Å². The Hall–Kier alpha value is -0.870. The third-order valence-corrected chi connectivity index (χ3v) is 4.74. The summed E-state index contributed by atoms with van der Waals surface area (Å²) in [5, 5.41) is 4.27. The summed E-state index contributed by atoms with van der Waals surface area (Å²) in [6.07, 6.45) is 9.13. The van der Waals surface area contributed by atoms with Gasteiger partial charge in [-0.3, -0.25) is 4.68 Å². The molecule has 1 aliphatic rings. The molecule has 0 aromatic carbocycles. The lowest BCUT2D eigenvalue weighted by atomic mass is 10.0. The molecule has 0 amide bonds. The minimum Gasteiger partial charge on any atom is -0.301 e. The second-order valence-corrected chi connectivity index (χ2v) is 6.15. The SMILES string of the molecule is CCCC(C)N(C)C1CCN(CCn2cccn2)CC1. The molecule has 1 atom stereocenters. The maximum Gasteiger partial charge on any atom is 0.0536 e. The molecular weight excluding hydrogens is 248 g/mol. The molecule has 4 nitrogen and oxygen atoms in total. The molecule has 20 heavy (non-hydrogen) atoms. The number of hydrogen-bond acceptors (Lipinski definition) is 3. The van der Waals surface area contributed by atoms with Gasteiger partial charge in [0.1, 0.15) is 0 Å². The van der Waals surface area contributed by atoms with E-state index in [2.05, 4.69) is 35.8 Å². The van der Waals surface area contributed by atoms with E-state index in [4.69, 9.17) is 0 Å². The number of likely N-dealkylation sites (tertiary alicyclic amines) is 1. The van der Waals surface area contributed by atoms with Crippen molar-refractivity contribution in [3.63, 3.8) is 0 Å². The number of rotatable bonds is 7. The van der Waals surface area contributed by atoms with Crippen LogP contribution in [0, 0.1) is 0 Å². The highest BCUT2D eigenvalue weighted by molar-refractivity contribution is 4.82. The van der Waals surface area contributed by atoms with Gasteiger partial charge in [-0.1, -0.05) is 13.3 Å². The van der Waals surface area contributed by atoms with Crippen LogP contribution in [0.2, 0.25) is 0 Å². The smallest absolute Gasteiger partial charge is 0.0536 e. The molecule has 0 aliphatic carbocycles. The number of aromatic nitrogens is 2. The average molecular weight is 278 g/mol. The van der Waals surface area contributed by atoms with E-state index >= 15 is 0 Å². The van der Waals surface area contributed by atoms with Gasteiger partial charge in [-0.15, -0.1) is 0 Å². The van der Waals surface area contributed by atoms with Crippen LogP contribution in [0.1, 0.15) is 39.5 Å². The van der Waals surface area contributed by atoms with Crippen LogP contribution in [0.25, 0.3) is 0 Å². The molecule has 0 saturated carbocycles. The second kappa shape index (κ2) is 7.79. The van der Waals surface area contributed by atoms with Crippen molar-refractivity contribution in [1.82, 2.24) is 19.6 Å². The molecule has 0 N–H and O–H groups in total. The van der Waals surface area contributed by atoms with Crippen LogP contribution < -0.4 is 0 Å². The van der Waals surface area contributed by atoms with Gasteiger partial charge in [-0.05, 0) is 52.4 Å². The van der Waals surface area contributed by atoms with Crippen molar-refractivity contribution in [1.29, 1.82) is 0 Å². The highest BCUT2D eigenvalue weighted by Crippen LogP contribution is 2.19. The van der Waals surface area contributed by atoms with Crippen LogP contribution >= 0.6 is 0 Å². The van der Waals surface area contributed by atoms with Crippen molar-refractivity contribution in [2.24, 2.45) is 0 Å². The highest BCUT2D eigenvalue weighted by atomic mass is 15.3. The van der Waals surface area contributed by atoms with Crippen molar-refractivity contribution in [2.75, 3.05) is 26.7 Å². The number of hydrogen-bond donors (Lipinski definition) is 0. The topological polar surface area (TPSA) is 24.3 Å². The van der Waals surface area contributed by atoms with Gasteiger partial charge in [0.2, 0.25) is 0 Å². The molecule has 1 aromatic rings. The molecule has 1 unspecified atom stereocenters. The molecule has 0 bridgehead atoms. The third-order valence-electron chi connectivity index (χ3n) is 4.74. The molecule has 114 valence electrons. The van der Waals surface area contributed by atoms with Gasteiger partial charge in [-0.2, -0.15) is 5.10 Å². The minimum absolute atomic E-state index is 0.723. The molecule has 0 spiro atoms. The third kappa shape index (κ3) is 4.32. The summed E-state index contributed by atoms with van der Waals surface area (Å²) in [5.74, 6) is 0. The first-order valence-corrected chi connectivity index (χ1v) is 8.12. The van der Waals surface area contributed by atoms with Crippen LogP contribution in [0.3, 0.4) is 0 Å². The van der Waals surface area contributed by atoms with Crippen molar-refractivity contribution >= 4 is 0 Å². The van der Waals surface area contributed by atoms with Crippen molar-refractivity contribution in [3.05, 3.63) is 18.5 Å².